The lowest BCUT2D eigenvalue weighted by Gasteiger charge is -2.33. The van der Waals surface area contributed by atoms with E-state index in [0.717, 1.165) is 10.4 Å². The highest BCUT2D eigenvalue weighted by Crippen LogP contribution is 2.19. The maximum Gasteiger partial charge on any atom is 0.243 e. The predicted molar refractivity (Wildman–Crippen MR) is 107 cm³/mol. The molecule has 0 unspecified atom stereocenters. The first kappa shape index (κ1) is 20.0. The summed E-state index contributed by atoms with van der Waals surface area (Å²) in [5, 5.41) is 4.99. The van der Waals surface area contributed by atoms with E-state index in [1.165, 1.54) is 4.31 Å². The summed E-state index contributed by atoms with van der Waals surface area (Å²) >= 11 is 1.62. The third-order valence-corrected chi connectivity index (χ3v) is 7.67. The number of rotatable bonds is 6. The highest BCUT2D eigenvalue weighted by Gasteiger charge is 2.29. The van der Waals surface area contributed by atoms with Crippen LogP contribution < -0.4 is 5.32 Å². The van der Waals surface area contributed by atoms with Gasteiger partial charge in [-0.3, -0.25) is 9.69 Å². The normalized spacial score (nSPS) is 17.6. The standard InChI is InChI=1S/C19H25N3O3S2/c1-15-5-7-17(8-6-15)27(24,25)22-11-9-21(10-12-22)14-19(23)20-16(2)18-4-3-13-26-18/h3-8,13,16H,9-12,14H2,1-2H3,(H,20,23)/t16-/m1/s1. The number of nitrogens with zero attached hydrogens (tertiary/aromatic N) is 2. The number of sulfonamides is 1. The van der Waals surface area contributed by atoms with Crippen LogP contribution >= 0.6 is 11.3 Å². The maximum absolute atomic E-state index is 12.7. The maximum atomic E-state index is 12.7. The minimum atomic E-state index is -3.47. The molecule has 6 nitrogen and oxygen atoms in total. The second-order valence-electron chi connectivity index (χ2n) is 6.80. The molecular formula is C19H25N3O3S2. The third-order valence-electron chi connectivity index (χ3n) is 4.70. The summed E-state index contributed by atoms with van der Waals surface area (Å²) in [4.78, 5) is 15.7. The van der Waals surface area contributed by atoms with Crippen molar-refractivity contribution in [1.29, 1.82) is 0 Å². The molecule has 1 fully saturated rings. The summed E-state index contributed by atoms with van der Waals surface area (Å²) < 4.78 is 27.0. The number of carbonyl (C=O) groups excluding carboxylic acids is 1. The molecular weight excluding hydrogens is 382 g/mol. The average Bonchev–Trinajstić information content (AvgIpc) is 3.17. The zero-order valence-corrected chi connectivity index (χ0v) is 17.2. The van der Waals surface area contributed by atoms with Crippen LogP contribution in [-0.2, 0) is 14.8 Å². The third kappa shape index (κ3) is 4.95. The van der Waals surface area contributed by atoms with Crippen LogP contribution in [0.5, 0.6) is 0 Å². The van der Waals surface area contributed by atoms with E-state index in [-0.39, 0.29) is 18.5 Å². The Morgan fingerprint density at radius 3 is 2.41 bits per heavy atom. The van der Waals surface area contributed by atoms with Crippen LogP contribution in [0.3, 0.4) is 0 Å². The number of nitrogens with one attached hydrogen (secondary N) is 1. The summed E-state index contributed by atoms with van der Waals surface area (Å²) in [5.41, 5.74) is 1.03. The van der Waals surface area contributed by atoms with Gasteiger partial charge >= 0.3 is 0 Å². The molecule has 0 radical (unpaired) electrons. The van der Waals surface area contributed by atoms with Crippen molar-refractivity contribution in [2.24, 2.45) is 0 Å². The minimum absolute atomic E-state index is 0.0132. The lowest BCUT2D eigenvalue weighted by Crippen LogP contribution is -2.51. The van der Waals surface area contributed by atoms with E-state index in [1.54, 1.807) is 23.5 Å². The van der Waals surface area contributed by atoms with E-state index in [9.17, 15) is 13.2 Å². The van der Waals surface area contributed by atoms with E-state index in [1.807, 2.05) is 48.4 Å². The van der Waals surface area contributed by atoms with Crippen molar-refractivity contribution in [3.63, 3.8) is 0 Å². The summed E-state index contributed by atoms with van der Waals surface area (Å²) in [6.45, 7) is 6.06. The van der Waals surface area contributed by atoms with Crippen LogP contribution in [-0.4, -0.2) is 56.3 Å². The number of hydrogen-bond acceptors (Lipinski definition) is 5. The Bertz CT molecular complexity index is 856. The molecule has 3 rings (SSSR count). The summed E-state index contributed by atoms with van der Waals surface area (Å²) in [7, 11) is -3.47. The summed E-state index contributed by atoms with van der Waals surface area (Å²) in [6.07, 6.45) is 0. The fraction of sp³-hybridized carbons (Fsp3) is 0.421. The quantitative estimate of drug-likeness (QED) is 0.797. The number of thiophene rings is 1. The van der Waals surface area contributed by atoms with Gasteiger partial charge in [-0.05, 0) is 37.4 Å². The second kappa shape index (κ2) is 8.52. The molecule has 0 spiro atoms. The highest BCUT2D eigenvalue weighted by atomic mass is 32.2. The van der Waals surface area contributed by atoms with Gasteiger partial charge in [-0.1, -0.05) is 23.8 Å². The lowest BCUT2D eigenvalue weighted by molar-refractivity contribution is -0.123. The SMILES string of the molecule is Cc1ccc(S(=O)(=O)N2CCN(CC(=O)N[C@H](C)c3cccs3)CC2)cc1. The molecule has 2 heterocycles. The zero-order valence-electron chi connectivity index (χ0n) is 15.6. The molecule has 2 aromatic rings. The van der Waals surface area contributed by atoms with Gasteiger partial charge in [0.2, 0.25) is 15.9 Å². The van der Waals surface area contributed by atoms with E-state index < -0.39 is 10.0 Å². The van der Waals surface area contributed by atoms with Gasteiger partial charge in [-0.15, -0.1) is 11.3 Å². The van der Waals surface area contributed by atoms with E-state index in [4.69, 9.17) is 0 Å². The average molecular weight is 408 g/mol. The molecule has 1 atom stereocenters. The first-order valence-electron chi connectivity index (χ1n) is 8.98. The molecule has 1 amide bonds. The van der Waals surface area contributed by atoms with Crippen molar-refractivity contribution >= 4 is 27.3 Å². The Morgan fingerprint density at radius 2 is 1.81 bits per heavy atom. The van der Waals surface area contributed by atoms with Gasteiger partial charge in [-0.2, -0.15) is 4.31 Å². The number of benzene rings is 1. The number of aryl methyl sites for hydroxylation is 1. The molecule has 146 valence electrons. The van der Waals surface area contributed by atoms with Crippen LogP contribution in [0.4, 0.5) is 0 Å². The second-order valence-corrected chi connectivity index (χ2v) is 9.72. The van der Waals surface area contributed by atoms with Gasteiger partial charge in [0.25, 0.3) is 0 Å². The first-order chi connectivity index (χ1) is 12.9. The van der Waals surface area contributed by atoms with Crippen LogP contribution in [0.2, 0.25) is 0 Å². The molecule has 0 bridgehead atoms. The van der Waals surface area contributed by atoms with Gasteiger partial charge in [-0.25, -0.2) is 8.42 Å². The monoisotopic (exact) mass is 407 g/mol. The van der Waals surface area contributed by atoms with Gasteiger partial charge in [0.05, 0.1) is 17.5 Å². The molecule has 8 heteroatoms. The Kier molecular flexibility index (Phi) is 6.31. The molecule has 1 saturated heterocycles. The topological polar surface area (TPSA) is 69.7 Å². The molecule has 1 aromatic heterocycles. The largest absolute Gasteiger partial charge is 0.348 e. The number of piperazine rings is 1. The molecule has 1 aliphatic rings. The van der Waals surface area contributed by atoms with E-state index >= 15 is 0 Å². The molecule has 1 N–H and O–H groups in total. The Labute approximate surface area is 164 Å². The van der Waals surface area contributed by atoms with Crippen molar-refractivity contribution in [1.82, 2.24) is 14.5 Å². The predicted octanol–water partition coefficient (Wildman–Crippen LogP) is 2.24. The molecule has 1 aliphatic heterocycles. The highest BCUT2D eigenvalue weighted by molar-refractivity contribution is 7.89. The number of hydrogen-bond donors (Lipinski definition) is 1. The molecule has 0 saturated carbocycles. The van der Waals surface area contributed by atoms with Crippen LogP contribution in [0.1, 0.15) is 23.4 Å². The number of amides is 1. The number of carbonyl (C=O) groups is 1. The minimum Gasteiger partial charge on any atom is -0.348 e. The molecule has 0 aliphatic carbocycles. The van der Waals surface area contributed by atoms with Crippen molar-refractivity contribution < 1.29 is 13.2 Å². The fourth-order valence-corrected chi connectivity index (χ4v) is 5.24. The Hall–Kier alpha value is -1.74. The first-order valence-corrected chi connectivity index (χ1v) is 11.3. The summed E-state index contributed by atoms with van der Waals surface area (Å²) in [6, 6.07) is 10.9. The van der Waals surface area contributed by atoms with E-state index in [0.29, 0.717) is 31.1 Å². The van der Waals surface area contributed by atoms with Crippen molar-refractivity contribution in [3.8, 4) is 0 Å². The van der Waals surface area contributed by atoms with Crippen LogP contribution in [0.15, 0.2) is 46.7 Å². The fourth-order valence-electron chi connectivity index (χ4n) is 3.09. The van der Waals surface area contributed by atoms with Gasteiger partial charge in [0, 0.05) is 31.1 Å². The van der Waals surface area contributed by atoms with Crippen molar-refractivity contribution in [3.05, 3.63) is 52.2 Å². The van der Waals surface area contributed by atoms with Crippen LogP contribution in [0, 0.1) is 6.92 Å². The smallest absolute Gasteiger partial charge is 0.243 e. The van der Waals surface area contributed by atoms with Crippen LogP contribution in [0.25, 0.3) is 0 Å². The lowest BCUT2D eigenvalue weighted by atomic mass is 10.2. The Morgan fingerprint density at radius 1 is 1.15 bits per heavy atom. The molecule has 27 heavy (non-hydrogen) atoms. The zero-order chi connectivity index (χ0) is 19.4. The van der Waals surface area contributed by atoms with Gasteiger partial charge < -0.3 is 5.32 Å². The Balaban J connectivity index is 1.51. The van der Waals surface area contributed by atoms with Crippen molar-refractivity contribution in [2.45, 2.75) is 24.8 Å². The summed E-state index contributed by atoms with van der Waals surface area (Å²) in [5.74, 6) is -0.0364. The van der Waals surface area contributed by atoms with Gasteiger partial charge in [0.1, 0.15) is 0 Å². The van der Waals surface area contributed by atoms with Gasteiger partial charge in [0.15, 0.2) is 0 Å². The molecule has 1 aromatic carbocycles. The van der Waals surface area contributed by atoms with E-state index in [2.05, 4.69) is 5.32 Å². The van der Waals surface area contributed by atoms with Crippen molar-refractivity contribution in [2.75, 3.05) is 32.7 Å².